The molecule has 0 atom stereocenters. The van der Waals surface area contributed by atoms with Crippen molar-refractivity contribution in [2.24, 2.45) is 0 Å². The van der Waals surface area contributed by atoms with Gasteiger partial charge in [-0.1, -0.05) is 11.6 Å². The number of hydrogen-bond donors (Lipinski definition) is 1. The Morgan fingerprint density at radius 2 is 1.71 bits per heavy atom. The van der Waals surface area contributed by atoms with E-state index in [0.717, 1.165) is 31.6 Å². The van der Waals surface area contributed by atoms with Crippen molar-refractivity contribution in [2.75, 3.05) is 18.4 Å². The zero-order valence-electron chi connectivity index (χ0n) is 9.49. The first-order valence-electron chi connectivity index (χ1n) is 5.57. The Hall–Kier alpha value is -0.930. The van der Waals surface area contributed by atoms with E-state index in [4.69, 9.17) is 11.6 Å². The molecule has 1 aromatic carbocycles. The number of rotatable bonds is 1. The van der Waals surface area contributed by atoms with E-state index in [1.165, 1.54) is 6.42 Å². The maximum Gasteiger partial charge on any atom is 0.321 e. The fraction of sp³-hybridized carbons (Fsp3) is 0.417. The van der Waals surface area contributed by atoms with E-state index in [2.05, 4.69) is 5.32 Å². The van der Waals surface area contributed by atoms with Gasteiger partial charge in [-0.2, -0.15) is 0 Å². The lowest BCUT2D eigenvalue weighted by atomic mass is 10.1. The minimum Gasteiger partial charge on any atom is -0.325 e. The number of benzene rings is 1. The van der Waals surface area contributed by atoms with Crippen molar-refractivity contribution in [2.45, 2.75) is 19.3 Å². The number of anilines is 1. The normalized spacial score (nSPS) is 15.0. The maximum atomic E-state index is 11.8. The second-order valence-corrected chi connectivity index (χ2v) is 4.42. The molecule has 0 bridgehead atoms. The number of nitrogens with one attached hydrogen (secondary N) is 1. The molecule has 1 aliphatic rings. The van der Waals surface area contributed by atoms with Crippen LogP contribution in [0.15, 0.2) is 24.3 Å². The van der Waals surface area contributed by atoms with Gasteiger partial charge in [0.2, 0.25) is 0 Å². The lowest BCUT2D eigenvalue weighted by Crippen LogP contribution is -2.38. The van der Waals surface area contributed by atoms with Crippen LogP contribution in [0.25, 0.3) is 0 Å². The fourth-order valence-electron chi connectivity index (χ4n) is 1.83. The molecule has 1 aromatic rings. The molecule has 2 amide bonds. The first-order chi connectivity index (χ1) is 7.75. The van der Waals surface area contributed by atoms with Crippen molar-refractivity contribution in [3.8, 4) is 0 Å². The summed E-state index contributed by atoms with van der Waals surface area (Å²) < 4.78 is 0. The number of nitrogens with zero attached hydrogens (tertiary/aromatic N) is 1. The number of urea groups is 1. The molecule has 17 heavy (non-hydrogen) atoms. The van der Waals surface area contributed by atoms with Crippen LogP contribution in [0.5, 0.6) is 0 Å². The SMILES string of the molecule is Cl.O=C(Nc1ccc(Cl)cc1)N1CCCCC1. The fourth-order valence-corrected chi connectivity index (χ4v) is 1.96. The van der Waals surface area contributed by atoms with Crippen molar-refractivity contribution in [3.63, 3.8) is 0 Å². The van der Waals surface area contributed by atoms with E-state index in [0.29, 0.717) is 5.02 Å². The molecule has 0 unspecified atom stereocenters. The summed E-state index contributed by atoms with van der Waals surface area (Å²) in [5.41, 5.74) is 0.792. The first kappa shape index (κ1) is 14.1. The first-order valence-corrected chi connectivity index (χ1v) is 5.95. The van der Waals surface area contributed by atoms with Crippen LogP contribution in [-0.4, -0.2) is 24.0 Å². The third kappa shape index (κ3) is 4.10. The lowest BCUT2D eigenvalue weighted by molar-refractivity contribution is 0.200. The number of likely N-dealkylation sites (tertiary alicyclic amines) is 1. The summed E-state index contributed by atoms with van der Waals surface area (Å²) in [6, 6.07) is 7.15. The van der Waals surface area contributed by atoms with Crippen molar-refractivity contribution < 1.29 is 4.79 Å². The molecular formula is C12H16Cl2N2O. The van der Waals surface area contributed by atoms with Crippen LogP contribution >= 0.6 is 24.0 Å². The Balaban J connectivity index is 0.00000144. The average molecular weight is 275 g/mol. The summed E-state index contributed by atoms with van der Waals surface area (Å²) in [6.07, 6.45) is 3.44. The predicted molar refractivity (Wildman–Crippen MR) is 73.1 cm³/mol. The van der Waals surface area contributed by atoms with Gasteiger partial charge in [0.25, 0.3) is 0 Å². The maximum absolute atomic E-state index is 11.8. The molecule has 0 saturated carbocycles. The molecule has 94 valence electrons. The highest BCUT2D eigenvalue weighted by Crippen LogP contribution is 2.15. The second kappa shape index (κ2) is 6.72. The van der Waals surface area contributed by atoms with E-state index in [9.17, 15) is 4.79 Å². The molecule has 0 spiro atoms. The van der Waals surface area contributed by atoms with Gasteiger partial charge < -0.3 is 10.2 Å². The van der Waals surface area contributed by atoms with Crippen LogP contribution in [0.3, 0.4) is 0 Å². The van der Waals surface area contributed by atoms with Crippen LogP contribution in [0, 0.1) is 0 Å². The molecule has 3 nitrogen and oxygen atoms in total. The Morgan fingerprint density at radius 1 is 1.12 bits per heavy atom. The quantitative estimate of drug-likeness (QED) is 0.831. The van der Waals surface area contributed by atoms with E-state index < -0.39 is 0 Å². The van der Waals surface area contributed by atoms with Crippen LogP contribution in [0.2, 0.25) is 5.02 Å². The monoisotopic (exact) mass is 274 g/mol. The Kier molecular flexibility index (Phi) is 5.59. The smallest absolute Gasteiger partial charge is 0.321 e. The largest absolute Gasteiger partial charge is 0.325 e. The van der Waals surface area contributed by atoms with E-state index in [-0.39, 0.29) is 18.4 Å². The number of halogens is 2. The zero-order valence-corrected chi connectivity index (χ0v) is 11.1. The summed E-state index contributed by atoms with van der Waals surface area (Å²) in [7, 11) is 0. The second-order valence-electron chi connectivity index (χ2n) is 3.98. The molecule has 1 N–H and O–H groups in total. The molecular weight excluding hydrogens is 259 g/mol. The standard InChI is InChI=1S/C12H15ClN2O.ClH/c13-10-4-6-11(7-5-10)14-12(16)15-8-2-1-3-9-15;/h4-7H,1-3,8-9H2,(H,14,16);1H. The van der Waals surface area contributed by atoms with Crippen LogP contribution < -0.4 is 5.32 Å². The summed E-state index contributed by atoms with van der Waals surface area (Å²) >= 11 is 5.77. The molecule has 0 radical (unpaired) electrons. The van der Waals surface area contributed by atoms with Gasteiger partial charge in [0.1, 0.15) is 0 Å². The summed E-state index contributed by atoms with van der Waals surface area (Å²) in [6.45, 7) is 1.72. The number of piperidine rings is 1. The molecule has 1 saturated heterocycles. The lowest BCUT2D eigenvalue weighted by Gasteiger charge is -2.26. The predicted octanol–water partition coefficient (Wildman–Crippen LogP) is 3.78. The van der Waals surface area contributed by atoms with Gasteiger partial charge >= 0.3 is 6.03 Å². The molecule has 0 aliphatic carbocycles. The summed E-state index contributed by atoms with van der Waals surface area (Å²) in [5.74, 6) is 0. The highest BCUT2D eigenvalue weighted by molar-refractivity contribution is 6.30. The number of amides is 2. The van der Waals surface area contributed by atoms with Crippen LogP contribution in [-0.2, 0) is 0 Å². The van der Waals surface area contributed by atoms with Gasteiger partial charge in [0, 0.05) is 23.8 Å². The zero-order chi connectivity index (χ0) is 11.4. The number of carbonyl (C=O) groups excluding carboxylic acids is 1. The van der Waals surface area contributed by atoms with Crippen molar-refractivity contribution in [1.82, 2.24) is 4.90 Å². The minimum atomic E-state index is -0.0120. The van der Waals surface area contributed by atoms with Gasteiger partial charge in [-0.25, -0.2) is 4.79 Å². The molecule has 2 rings (SSSR count). The van der Waals surface area contributed by atoms with Crippen molar-refractivity contribution in [3.05, 3.63) is 29.3 Å². The number of carbonyl (C=O) groups is 1. The van der Waals surface area contributed by atoms with E-state index in [1.807, 2.05) is 17.0 Å². The molecule has 1 aliphatic heterocycles. The summed E-state index contributed by atoms with van der Waals surface area (Å²) in [5, 5.41) is 3.54. The van der Waals surface area contributed by atoms with E-state index >= 15 is 0 Å². The Labute approximate surface area is 113 Å². The topological polar surface area (TPSA) is 32.3 Å². The van der Waals surface area contributed by atoms with Gasteiger partial charge in [-0.05, 0) is 43.5 Å². The third-order valence-electron chi connectivity index (χ3n) is 2.74. The minimum absolute atomic E-state index is 0. The molecule has 1 heterocycles. The van der Waals surface area contributed by atoms with Gasteiger partial charge in [0.05, 0.1) is 0 Å². The average Bonchev–Trinajstić information content (AvgIpc) is 2.33. The Morgan fingerprint density at radius 3 is 2.29 bits per heavy atom. The van der Waals surface area contributed by atoms with Gasteiger partial charge in [-0.3, -0.25) is 0 Å². The third-order valence-corrected chi connectivity index (χ3v) is 2.99. The number of hydrogen-bond acceptors (Lipinski definition) is 1. The highest BCUT2D eigenvalue weighted by atomic mass is 35.5. The van der Waals surface area contributed by atoms with Crippen molar-refractivity contribution in [1.29, 1.82) is 0 Å². The van der Waals surface area contributed by atoms with Gasteiger partial charge in [-0.15, -0.1) is 12.4 Å². The van der Waals surface area contributed by atoms with Crippen molar-refractivity contribution >= 4 is 35.7 Å². The molecule has 0 aromatic heterocycles. The molecule has 5 heteroatoms. The molecule has 1 fully saturated rings. The highest BCUT2D eigenvalue weighted by Gasteiger charge is 2.15. The summed E-state index contributed by atoms with van der Waals surface area (Å²) in [4.78, 5) is 13.7. The van der Waals surface area contributed by atoms with E-state index in [1.54, 1.807) is 12.1 Å². The Bertz CT molecular complexity index is 361. The van der Waals surface area contributed by atoms with Gasteiger partial charge in [0.15, 0.2) is 0 Å². The van der Waals surface area contributed by atoms with Crippen LogP contribution in [0.1, 0.15) is 19.3 Å². The van der Waals surface area contributed by atoms with Crippen LogP contribution in [0.4, 0.5) is 10.5 Å².